The van der Waals surface area contributed by atoms with Crippen LogP contribution in [0.25, 0.3) is 0 Å². The molecule has 1 N–H and O–H groups in total. The van der Waals surface area contributed by atoms with Gasteiger partial charge in [-0.25, -0.2) is 9.18 Å². The number of aromatic nitrogens is 1. The van der Waals surface area contributed by atoms with Crippen molar-refractivity contribution in [2.45, 2.75) is 12.5 Å². The summed E-state index contributed by atoms with van der Waals surface area (Å²) in [5.74, 6) is -0.458. The number of halogens is 1. The summed E-state index contributed by atoms with van der Waals surface area (Å²) in [5.41, 5.74) is 0.383. The highest BCUT2D eigenvalue weighted by atomic mass is 19.1. The molecule has 2 amide bonds. The number of nitrogens with zero attached hydrogens (tertiary/aromatic N) is 3. The molecule has 5 nitrogen and oxygen atoms in total. The number of likely N-dealkylation sites (N-methyl/N-ethyl adjacent to an activating group) is 1. The number of amides is 2. The van der Waals surface area contributed by atoms with E-state index in [1.54, 1.807) is 4.90 Å². The van der Waals surface area contributed by atoms with Gasteiger partial charge in [-0.2, -0.15) is 0 Å². The van der Waals surface area contributed by atoms with Crippen molar-refractivity contribution in [3.8, 4) is 0 Å². The molecular weight excluding hydrogens is 235 g/mol. The molecule has 2 rings (SSSR count). The lowest BCUT2D eigenvalue weighted by molar-refractivity contribution is 0.216. The van der Waals surface area contributed by atoms with Crippen LogP contribution in [0.1, 0.15) is 6.42 Å². The van der Waals surface area contributed by atoms with Gasteiger partial charge in [0, 0.05) is 25.2 Å². The Hall–Kier alpha value is -1.69. The van der Waals surface area contributed by atoms with E-state index in [-0.39, 0.29) is 6.03 Å². The number of hydrogen-bond donors (Lipinski definition) is 1. The number of hydrogen-bond acceptors (Lipinski definition) is 3. The van der Waals surface area contributed by atoms with E-state index in [0.717, 1.165) is 19.2 Å². The quantitative estimate of drug-likeness (QED) is 0.865. The topological polar surface area (TPSA) is 48.5 Å². The maximum atomic E-state index is 12.9. The van der Waals surface area contributed by atoms with Gasteiger partial charge in [0.05, 0.1) is 18.1 Å². The van der Waals surface area contributed by atoms with E-state index in [9.17, 15) is 9.18 Å². The van der Waals surface area contributed by atoms with E-state index in [0.29, 0.717) is 18.3 Å². The molecule has 6 heteroatoms. The SMILES string of the molecule is CN(C)[C@@H]1CCN(C(=O)Nc2cncc(F)c2)C1. The van der Waals surface area contributed by atoms with Gasteiger partial charge in [0.1, 0.15) is 5.82 Å². The summed E-state index contributed by atoms with van der Waals surface area (Å²) in [4.78, 5) is 19.5. The molecule has 1 aromatic rings. The lowest BCUT2D eigenvalue weighted by Gasteiger charge is -2.20. The minimum absolute atomic E-state index is 0.202. The molecule has 0 saturated carbocycles. The number of pyridine rings is 1. The molecule has 1 aromatic heterocycles. The fourth-order valence-corrected chi connectivity index (χ4v) is 2.03. The summed E-state index contributed by atoms with van der Waals surface area (Å²) in [7, 11) is 4.01. The highest BCUT2D eigenvalue weighted by molar-refractivity contribution is 5.89. The molecule has 2 heterocycles. The van der Waals surface area contributed by atoms with Crippen LogP contribution in [-0.4, -0.2) is 54.0 Å². The molecule has 0 aliphatic carbocycles. The van der Waals surface area contributed by atoms with Crippen LogP contribution in [-0.2, 0) is 0 Å². The van der Waals surface area contributed by atoms with Crippen LogP contribution >= 0.6 is 0 Å². The van der Waals surface area contributed by atoms with Crippen molar-refractivity contribution in [1.82, 2.24) is 14.8 Å². The number of urea groups is 1. The predicted molar refractivity (Wildman–Crippen MR) is 66.9 cm³/mol. The zero-order valence-corrected chi connectivity index (χ0v) is 10.6. The monoisotopic (exact) mass is 252 g/mol. The van der Waals surface area contributed by atoms with Crippen LogP contribution in [0.5, 0.6) is 0 Å². The van der Waals surface area contributed by atoms with Crippen LogP contribution in [0.4, 0.5) is 14.9 Å². The lowest BCUT2D eigenvalue weighted by atomic mass is 10.2. The van der Waals surface area contributed by atoms with E-state index < -0.39 is 5.82 Å². The van der Waals surface area contributed by atoms with E-state index in [4.69, 9.17) is 0 Å². The van der Waals surface area contributed by atoms with Crippen LogP contribution in [0, 0.1) is 5.82 Å². The first-order valence-corrected chi connectivity index (χ1v) is 5.89. The molecule has 18 heavy (non-hydrogen) atoms. The minimum atomic E-state index is -0.458. The van der Waals surface area contributed by atoms with E-state index in [1.807, 2.05) is 14.1 Å². The summed E-state index contributed by atoms with van der Waals surface area (Å²) in [6.45, 7) is 1.42. The van der Waals surface area contributed by atoms with Crippen LogP contribution in [0.2, 0.25) is 0 Å². The van der Waals surface area contributed by atoms with Gasteiger partial charge in [-0.3, -0.25) is 4.98 Å². The molecule has 1 atom stereocenters. The third kappa shape index (κ3) is 2.95. The maximum absolute atomic E-state index is 12.9. The number of anilines is 1. The molecule has 98 valence electrons. The Morgan fingerprint density at radius 3 is 2.94 bits per heavy atom. The zero-order chi connectivity index (χ0) is 13.1. The molecular formula is C12H17FN4O. The molecule has 1 saturated heterocycles. The van der Waals surface area contributed by atoms with Crippen molar-refractivity contribution in [2.75, 3.05) is 32.5 Å². The molecule has 0 bridgehead atoms. The number of nitrogens with one attached hydrogen (secondary N) is 1. The van der Waals surface area contributed by atoms with E-state index >= 15 is 0 Å². The molecule has 0 unspecified atom stereocenters. The first kappa shape index (κ1) is 12.8. The second-order valence-electron chi connectivity index (χ2n) is 4.67. The van der Waals surface area contributed by atoms with E-state index in [2.05, 4.69) is 15.2 Å². The molecule has 0 radical (unpaired) electrons. The Labute approximate surface area is 106 Å². The van der Waals surface area contributed by atoms with Crippen molar-refractivity contribution >= 4 is 11.7 Å². The lowest BCUT2D eigenvalue weighted by Crippen LogP contribution is -2.36. The molecule has 1 fully saturated rings. The third-order valence-corrected chi connectivity index (χ3v) is 3.14. The fourth-order valence-electron chi connectivity index (χ4n) is 2.03. The van der Waals surface area contributed by atoms with Gasteiger partial charge in [0.2, 0.25) is 0 Å². The minimum Gasteiger partial charge on any atom is -0.323 e. The maximum Gasteiger partial charge on any atom is 0.321 e. The second kappa shape index (κ2) is 5.30. The van der Waals surface area contributed by atoms with Crippen molar-refractivity contribution in [3.63, 3.8) is 0 Å². The Bertz CT molecular complexity index is 438. The van der Waals surface area contributed by atoms with Gasteiger partial charge in [-0.05, 0) is 20.5 Å². The van der Waals surface area contributed by atoms with Gasteiger partial charge < -0.3 is 15.1 Å². The summed E-state index contributed by atoms with van der Waals surface area (Å²) in [6.07, 6.45) is 3.50. The smallest absolute Gasteiger partial charge is 0.321 e. The first-order valence-electron chi connectivity index (χ1n) is 5.89. The summed E-state index contributed by atoms with van der Waals surface area (Å²) < 4.78 is 12.9. The first-order chi connectivity index (χ1) is 8.56. The number of rotatable bonds is 2. The molecule has 0 spiro atoms. The van der Waals surface area contributed by atoms with Gasteiger partial charge in [0.25, 0.3) is 0 Å². The Morgan fingerprint density at radius 2 is 2.33 bits per heavy atom. The van der Waals surface area contributed by atoms with Gasteiger partial charge in [-0.15, -0.1) is 0 Å². The predicted octanol–water partition coefficient (Wildman–Crippen LogP) is 1.39. The molecule has 1 aliphatic rings. The van der Waals surface area contributed by atoms with Crippen LogP contribution in [0.3, 0.4) is 0 Å². The number of carbonyl (C=O) groups is 1. The van der Waals surface area contributed by atoms with Gasteiger partial charge in [0.15, 0.2) is 0 Å². The van der Waals surface area contributed by atoms with Crippen molar-refractivity contribution in [2.24, 2.45) is 0 Å². The highest BCUT2D eigenvalue weighted by Crippen LogP contribution is 2.15. The van der Waals surface area contributed by atoms with Crippen molar-refractivity contribution < 1.29 is 9.18 Å². The average molecular weight is 252 g/mol. The largest absolute Gasteiger partial charge is 0.323 e. The van der Waals surface area contributed by atoms with Crippen molar-refractivity contribution in [1.29, 1.82) is 0 Å². The van der Waals surface area contributed by atoms with Crippen LogP contribution < -0.4 is 5.32 Å². The molecule has 1 aliphatic heterocycles. The second-order valence-corrected chi connectivity index (χ2v) is 4.67. The number of carbonyl (C=O) groups excluding carboxylic acids is 1. The normalized spacial score (nSPS) is 19.3. The van der Waals surface area contributed by atoms with E-state index in [1.165, 1.54) is 12.3 Å². The summed E-state index contributed by atoms with van der Waals surface area (Å²) in [5, 5.41) is 2.65. The van der Waals surface area contributed by atoms with Crippen LogP contribution in [0.15, 0.2) is 18.5 Å². The summed E-state index contributed by atoms with van der Waals surface area (Å²) in [6, 6.07) is 1.44. The average Bonchev–Trinajstić information content (AvgIpc) is 2.78. The fraction of sp³-hybridized carbons (Fsp3) is 0.500. The van der Waals surface area contributed by atoms with Gasteiger partial charge >= 0.3 is 6.03 Å². The Morgan fingerprint density at radius 1 is 1.56 bits per heavy atom. The summed E-state index contributed by atoms with van der Waals surface area (Å²) >= 11 is 0. The van der Waals surface area contributed by atoms with Gasteiger partial charge in [-0.1, -0.05) is 0 Å². The zero-order valence-electron chi connectivity index (χ0n) is 10.6. The Balaban J connectivity index is 1.93. The molecule has 0 aromatic carbocycles. The third-order valence-electron chi connectivity index (χ3n) is 3.14. The highest BCUT2D eigenvalue weighted by Gasteiger charge is 2.27. The number of likely N-dealkylation sites (tertiary alicyclic amines) is 1. The van der Waals surface area contributed by atoms with Crippen molar-refractivity contribution in [3.05, 3.63) is 24.3 Å². The standard InChI is InChI=1S/C12H17FN4O/c1-16(2)11-3-4-17(8-11)12(18)15-10-5-9(13)6-14-7-10/h5-7,11H,3-4,8H2,1-2H3,(H,15,18)/t11-/m1/s1. The Kier molecular flexibility index (Phi) is 3.76.